The third-order valence-electron chi connectivity index (χ3n) is 2.37. The van der Waals surface area contributed by atoms with Crippen LogP contribution < -0.4 is 4.74 Å². The van der Waals surface area contributed by atoms with Crippen LogP contribution in [0, 0.1) is 0 Å². The number of hydrogen-bond donors (Lipinski definition) is 1. The maximum absolute atomic E-state index is 9.22. The minimum Gasteiger partial charge on any atom is -0.484 e. The van der Waals surface area contributed by atoms with E-state index >= 15 is 0 Å². The lowest BCUT2D eigenvalue weighted by Crippen LogP contribution is -2.06. The summed E-state index contributed by atoms with van der Waals surface area (Å²) in [6.45, 7) is 0.250. The Bertz CT molecular complexity index is 513. The smallest absolute Gasteiger partial charge is 0.164 e. The standard InChI is InChI=1S/C11H12BrN3O2/c1-15-10(13-7-14-15)6-17-11-8(5-16)3-2-4-9(11)12/h2-4,7,16H,5-6H2,1H3. The summed E-state index contributed by atoms with van der Waals surface area (Å²) in [7, 11) is 1.80. The SMILES string of the molecule is Cn1ncnc1COc1c(Br)cccc1CO. The van der Waals surface area contributed by atoms with Gasteiger partial charge in [0.1, 0.15) is 18.7 Å². The Hall–Kier alpha value is -1.40. The molecule has 5 nitrogen and oxygen atoms in total. The van der Waals surface area contributed by atoms with Gasteiger partial charge in [-0.15, -0.1) is 0 Å². The van der Waals surface area contributed by atoms with E-state index in [1.54, 1.807) is 11.7 Å². The van der Waals surface area contributed by atoms with Gasteiger partial charge in [0.05, 0.1) is 11.1 Å². The first-order valence-corrected chi connectivity index (χ1v) is 5.85. The fourth-order valence-electron chi connectivity index (χ4n) is 1.43. The molecule has 1 aromatic heterocycles. The van der Waals surface area contributed by atoms with Crippen LogP contribution in [0.1, 0.15) is 11.4 Å². The fourth-order valence-corrected chi connectivity index (χ4v) is 1.95. The monoisotopic (exact) mass is 297 g/mol. The van der Waals surface area contributed by atoms with E-state index in [0.717, 1.165) is 15.9 Å². The molecular formula is C11H12BrN3O2. The zero-order valence-electron chi connectivity index (χ0n) is 9.30. The van der Waals surface area contributed by atoms with E-state index in [2.05, 4.69) is 26.0 Å². The first-order valence-electron chi connectivity index (χ1n) is 5.06. The Kier molecular flexibility index (Phi) is 3.75. The van der Waals surface area contributed by atoms with Crippen molar-refractivity contribution in [1.29, 1.82) is 0 Å². The maximum Gasteiger partial charge on any atom is 0.164 e. The molecule has 17 heavy (non-hydrogen) atoms. The molecular weight excluding hydrogens is 286 g/mol. The number of aromatic nitrogens is 3. The Morgan fingerprint density at radius 2 is 2.29 bits per heavy atom. The summed E-state index contributed by atoms with van der Waals surface area (Å²) in [4.78, 5) is 4.07. The van der Waals surface area contributed by atoms with Gasteiger partial charge in [-0.25, -0.2) is 4.98 Å². The van der Waals surface area contributed by atoms with E-state index in [9.17, 15) is 5.11 Å². The highest BCUT2D eigenvalue weighted by Gasteiger charge is 2.09. The largest absolute Gasteiger partial charge is 0.484 e. The molecule has 0 aliphatic rings. The average molecular weight is 298 g/mol. The summed E-state index contributed by atoms with van der Waals surface area (Å²) in [6, 6.07) is 5.53. The molecule has 90 valence electrons. The number of aliphatic hydroxyl groups excluding tert-OH is 1. The fraction of sp³-hybridized carbons (Fsp3) is 0.273. The maximum atomic E-state index is 9.22. The molecule has 0 atom stereocenters. The highest BCUT2D eigenvalue weighted by Crippen LogP contribution is 2.29. The molecule has 1 N–H and O–H groups in total. The lowest BCUT2D eigenvalue weighted by atomic mass is 10.2. The van der Waals surface area contributed by atoms with Gasteiger partial charge in [-0.2, -0.15) is 5.10 Å². The highest BCUT2D eigenvalue weighted by molar-refractivity contribution is 9.10. The number of benzene rings is 1. The number of aryl methyl sites for hydroxylation is 1. The normalized spacial score (nSPS) is 10.5. The van der Waals surface area contributed by atoms with E-state index in [1.165, 1.54) is 6.33 Å². The Morgan fingerprint density at radius 1 is 1.47 bits per heavy atom. The van der Waals surface area contributed by atoms with E-state index < -0.39 is 0 Å². The Balaban J connectivity index is 2.16. The van der Waals surface area contributed by atoms with Crippen molar-refractivity contribution in [2.75, 3.05) is 0 Å². The van der Waals surface area contributed by atoms with Gasteiger partial charge in [-0.1, -0.05) is 12.1 Å². The van der Waals surface area contributed by atoms with Crippen LogP contribution in [-0.2, 0) is 20.3 Å². The van der Waals surface area contributed by atoms with Gasteiger partial charge >= 0.3 is 0 Å². The van der Waals surface area contributed by atoms with Gasteiger partial charge in [0.15, 0.2) is 5.82 Å². The van der Waals surface area contributed by atoms with Crippen molar-refractivity contribution >= 4 is 15.9 Å². The first-order chi connectivity index (χ1) is 8.22. The summed E-state index contributed by atoms with van der Waals surface area (Å²) >= 11 is 3.39. The van der Waals surface area contributed by atoms with Gasteiger partial charge in [-0.05, 0) is 22.0 Å². The molecule has 0 radical (unpaired) electrons. The predicted octanol–water partition coefficient (Wildman–Crippen LogP) is 1.65. The molecule has 0 aliphatic carbocycles. The summed E-state index contributed by atoms with van der Waals surface area (Å²) in [5, 5.41) is 13.2. The van der Waals surface area contributed by atoms with Crippen LogP contribution in [0.15, 0.2) is 29.0 Å². The Morgan fingerprint density at radius 3 is 2.94 bits per heavy atom. The quantitative estimate of drug-likeness (QED) is 0.932. The second kappa shape index (κ2) is 5.29. The minimum absolute atomic E-state index is 0.0619. The molecule has 1 aromatic carbocycles. The summed E-state index contributed by atoms with van der Waals surface area (Å²) in [6.07, 6.45) is 1.48. The lowest BCUT2D eigenvalue weighted by molar-refractivity contribution is 0.252. The number of halogens is 1. The molecule has 0 aliphatic heterocycles. The third-order valence-corrected chi connectivity index (χ3v) is 2.99. The molecule has 0 spiro atoms. The molecule has 2 rings (SSSR count). The second-order valence-electron chi connectivity index (χ2n) is 3.47. The van der Waals surface area contributed by atoms with E-state index in [4.69, 9.17) is 4.74 Å². The topological polar surface area (TPSA) is 60.2 Å². The van der Waals surface area contributed by atoms with Gasteiger partial charge in [0, 0.05) is 12.6 Å². The van der Waals surface area contributed by atoms with Crippen molar-refractivity contribution in [1.82, 2.24) is 14.8 Å². The average Bonchev–Trinajstić information content (AvgIpc) is 2.73. The molecule has 0 saturated heterocycles. The van der Waals surface area contributed by atoms with Gasteiger partial charge in [-0.3, -0.25) is 4.68 Å². The van der Waals surface area contributed by atoms with Crippen molar-refractivity contribution in [3.63, 3.8) is 0 Å². The van der Waals surface area contributed by atoms with E-state index in [-0.39, 0.29) is 6.61 Å². The number of hydrogen-bond acceptors (Lipinski definition) is 4. The van der Waals surface area contributed by atoms with Crippen molar-refractivity contribution < 1.29 is 9.84 Å². The molecule has 0 fully saturated rings. The molecule has 0 bridgehead atoms. The third kappa shape index (κ3) is 2.65. The van der Waals surface area contributed by atoms with Crippen LogP contribution >= 0.6 is 15.9 Å². The molecule has 6 heteroatoms. The van der Waals surface area contributed by atoms with Crippen molar-refractivity contribution in [3.8, 4) is 5.75 Å². The van der Waals surface area contributed by atoms with Crippen LogP contribution in [0.3, 0.4) is 0 Å². The van der Waals surface area contributed by atoms with Crippen molar-refractivity contribution in [3.05, 3.63) is 40.4 Å². The first kappa shape index (κ1) is 12.1. The summed E-state index contributed by atoms with van der Waals surface area (Å²) < 4.78 is 8.11. The number of aliphatic hydroxyl groups is 1. The molecule has 0 unspecified atom stereocenters. The van der Waals surface area contributed by atoms with Crippen LogP contribution in [0.5, 0.6) is 5.75 Å². The number of nitrogens with zero attached hydrogens (tertiary/aromatic N) is 3. The minimum atomic E-state index is -0.0619. The highest BCUT2D eigenvalue weighted by atomic mass is 79.9. The molecule has 0 amide bonds. The second-order valence-corrected chi connectivity index (χ2v) is 4.33. The van der Waals surface area contributed by atoms with E-state index in [1.807, 2.05) is 18.2 Å². The summed E-state index contributed by atoms with van der Waals surface area (Å²) in [5.41, 5.74) is 0.738. The number of rotatable bonds is 4. The molecule has 0 saturated carbocycles. The van der Waals surface area contributed by atoms with Crippen LogP contribution in [0.2, 0.25) is 0 Å². The molecule has 1 heterocycles. The Labute approximate surface area is 107 Å². The van der Waals surface area contributed by atoms with Crippen LogP contribution in [-0.4, -0.2) is 19.9 Å². The zero-order valence-corrected chi connectivity index (χ0v) is 10.9. The summed E-state index contributed by atoms with van der Waals surface area (Å²) in [5.74, 6) is 1.36. The van der Waals surface area contributed by atoms with Crippen molar-refractivity contribution in [2.45, 2.75) is 13.2 Å². The zero-order chi connectivity index (χ0) is 12.3. The molecule has 2 aromatic rings. The number of para-hydroxylation sites is 1. The van der Waals surface area contributed by atoms with Gasteiger partial charge in [0.2, 0.25) is 0 Å². The van der Waals surface area contributed by atoms with Crippen LogP contribution in [0.25, 0.3) is 0 Å². The van der Waals surface area contributed by atoms with Gasteiger partial charge in [0.25, 0.3) is 0 Å². The van der Waals surface area contributed by atoms with Crippen molar-refractivity contribution in [2.24, 2.45) is 7.05 Å². The van der Waals surface area contributed by atoms with Gasteiger partial charge < -0.3 is 9.84 Å². The predicted molar refractivity (Wildman–Crippen MR) is 65.4 cm³/mol. The number of ether oxygens (including phenoxy) is 1. The lowest BCUT2D eigenvalue weighted by Gasteiger charge is -2.11. The van der Waals surface area contributed by atoms with E-state index in [0.29, 0.717) is 12.4 Å². The van der Waals surface area contributed by atoms with Crippen LogP contribution in [0.4, 0.5) is 0 Å².